The second-order valence-corrected chi connectivity index (χ2v) is 4.77. The van der Waals surface area contributed by atoms with Crippen molar-refractivity contribution < 1.29 is 4.21 Å². The highest BCUT2D eigenvalue weighted by Gasteiger charge is 2.02. The van der Waals surface area contributed by atoms with Crippen LogP contribution in [0.3, 0.4) is 0 Å². The van der Waals surface area contributed by atoms with Gasteiger partial charge in [-0.25, -0.2) is 4.21 Å². The minimum Gasteiger partial charge on any atom is -0.301 e. The van der Waals surface area contributed by atoms with Gasteiger partial charge in [-0.05, 0) is 36.8 Å². The molecule has 0 heterocycles. The van der Waals surface area contributed by atoms with E-state index in [9.17, 15) is 4.21 Å². The Bertz CT molecular complexity index is 496. The van der Waals surface area contributed by atoms with Crippen molar-refractivity contribution in [3.8, 4) is 0 Å². The van der Waals surface area contributed by atoms with Crippen molar-refractivity contribution >= 4 is 16.7 Å². The lowest BCUT2D eigenvalue weighted by molar-refractivity contribution is 0.686. The minimum absolute atomic E-state index is 0.781. The van der Waals surface area contributed by atoms with Crippen LogP contribution in [0.4, 0.5) is 5.69 Å². The number of benzene rings is 2. The van der Waals surface area contributed by atoms with Gasteiger partial charge in [0.25, 0.3) is 0 Å². The first-order chi connectivity index (χ1) is 7.75. The Morgan fingerprint density at radius 1 is 1.00 bits per heavy atom. The average molecular weight is 231 g/mol. The molecule has 0 aromatic heterocycles. The van der Waals surface area contributed by atoms with Crippen LogP contribution >= 0.6 is 0 Å². The molecule has 16 heavy (non-hydrogen) atoms. The first-order valence-electron chi connectivity index (χ1n) is 5.06. The number of nitrogens with one attached hydrogen (secondary N) is 1. The third-order valence-electron chi connectivity index (χ3n) is 2.19. The summed E-state index contributed by atoms with van der Waals surface area (Å²) in [5.41, 5.74) is 2.03. The summed E-state index contributed by atoms with van der Waals surface area (Å²) in [4.78, 5) is 0.781. The van der Waals surface area contributed by atoms with Crippen molar-refractivity contribution in [2.75, 3.05) is 4.72 Å². The standard InChI is InChI=1S/C13H13NOS/c1-11-6-5-7-12(10-11)14-16(15)13-8-3-2-4-9-13/h2-10,14H,1H3/t16-/m0/s1. The van der Waals surface area contributed by atoms with Crippen molar-refractivity contribution in [1.82, 2.24) is 0 Å². The molecule has 2 aromatic rings. The predicted octanol–water partition coefficient (Wildman–Crippen LogP) is 3.13. The van der Waals surface area contributed by atoms with Gasteiger partial charge in [-0.1, -0.05) is 30.3 Å². The molecule has 1 atom stereocenters. The molecule has 0 unspecified atom stereocenters. The molecule has 0 aliphatic rings. The summed E-state index contributed by atoms with van der Waals surface area (Å²) in [6, 6.07) is 17.2. The van der Waals surface area contributed by atoms with E-state index in [0.29, 0.717) is 0 Å². The molecule has 0 aliphatic heterocycles. The Hall–Kier alpha value is -1.61. The summed E-state index contributed by atoms with van der Waals surface area (Å²) in [6.07, 6.45) is 0. The normalized spacial score (nSPS) is 12.1. The second kappa shape index (κ2) is 4.94. The molecule has 0 fully saturated rings. The highest BCUT2D eigenvalue weighted by Crippen LogP contribution is 2.13. The molecule has 2 rings (SSSR count). The van der Waals surface area contributed by atoms with E-state index in [-0.39, 0.29) is 0 Å². The van der Waals surface area contributed by atoms with Crippen molar-refractivity contribution in [2.45, 2.75) is 11.8 Å². The van der Waals surface area contributed by atoms with E-state index in [1.807, 2.05) is 61.5 Å². The monoisotopic (exact) mass is 231 g/mol. The maximum absolute atomic E-state index is 11.9. The van der Waals surface area contributed by atoms with Crippen LogP contribution < -0.4 is 4.72 Å². The van der Waals surface area contributed by atoms with Crippen LogP contribution in [0.25, 0.3) is 0 Å². The molecule has 0 radical (unpaired) electrons. The Morgan fingerprint density at radius 2 is 1.75 bits per heavy atom. The van der Waals surface area contributed by atoms with E-state index in [0.717, 1.165) is 16.1 Å². The summed E-state index contributed by atoms with van der Waals surface area (Å²) in [5, 5.41) is 0. The zero-order chi connectivity index (χ0) is 11.4. The van der Waals surface area contributed by atoms with Crippen molar-refractivity contribution in [3.63, 3.8) is 0 Å². The number of rotatable bonds is 3. The second-order valence-electron chi connectivity index (χ2n) is 3.55. The van der Waals surface area contributed by atoms with Crippen LogP contribution in [0.1, 0.15) is 5.56 Å². The van der Waals surface area contributed by atoms with Gasteiger partial charge in [0.05, 0.1) is 4.90 Å². The van der Waals surface area contributed by atoms with Gasteiger partial charge in [-0.15, -0.1) is 0 Å². The third-order valence-corrected chi connectivity index (χ3v) is 3.31. The van der Waals surface area contributed by atoms with E-state index in [1.54, 1.807) is 0 Å². The molecule has 0 saturated heterocycles. The molecule has 0 aliphatic carbocycles. The van der Waals surface area contributed by atoms with E-state index in [2.05, 4.69) is 4.72 Å². The lowest BCUT2D eigenvalue weighted by atomic mass is 10.2. The van der Waals surface area contributed by atoms with E-state index in [1.165, 1.54) is 0 Å². The fraction of sp³-hybridized carbons (Fsp3) is 0.0769. The van der Waals surface area contributed by atoms with Gasteiger partial charge in [0.2, 0.25) is 0 Å². The van der Waals surface area contributed by atoms with Crippen LogP contribution in [0.5, 0.6) is 0 Å². The molecule has 0 saturated carbocycles. The quantitative estimate of drug-likeness (QED) is 0.864. The lowest BCUT2D eigenvalue weighted by Crippen LogP contribution is -2.04. The average Bonchev–Trinajstić information content (AvgIpc) is 2.30. The molecule has 3 heteroatoms. The number of aryl methyl sites for hydroxylation is 1. The number of hydrogen-bond acceptors (Lipinski definition) is 1. The van der Waals surface area contributed by atoms with Gasteiger partial charge in [-0.2, -0.15) is 0 Å². The highest BCUT2D eigenvalue weighted by molar-refractivity contribution is 7.86. The summed E-state index contributed by atoms with van der Waals surface area (Å²) in [5.74, 6) is 0. The van der Waals surface area contributed by atoms with E-state index >= 15 is 0 Å². The molecule has 1 N–H and O–H groups in total. The summed E-state index contributed by atoms with van der Waals surface area (Å²) in [7, 11) is -1.19. The predicted molar refractivity (Wildman–Crippen MR) is 67.7 cm³/mol. The minimum atomic E-state index is -1.19. The molecular formula is C13H13NOS. The van der Waals surface area contributed by atoms with Crippen LogP contribution in [0.2, 0.25) is 0 Å². The largest absolute Gasteiger partial charge is 0.301 e. The van der Waals surface area contributed by atoms with Gasteiger partial charge >= 0.3 is 0 Å². The molecule has 0 spiro atoms. The molecule has 0 amide bonds. The summed E-state index contributed by atoms with van der Waals surface area (Å²) < 4.78 is 14.9. The third kappa shape index (κ3) is 2.70. The number of anilines is 1. The zero-order valence-electron chi connectivity index (χ0n) is 9.01. The molecule has 2 nitrogen and oxygen atoms in total. The first-order valence-corrected chi connectivity index (χ1v) is 6.21. The fourth-order valence-corrected chi connectivity index (χ4v) is 2.28. The van der Waals surface area contributed by atoms with Crippen molar-refractivity contribution in [1.29, 1.82) is 0 Å². The molecule has 0 bridgehead atoms. The smallest absolute Gasteiger partial charge is 0.150 e. The number of hydrogen-bond donors (Lipinski definition) is 1. The van der Waals surface area contributed by atoms with Crippen molar-refractivity contribution in [2.24, 2.45) is 0 Å². The van der Waals surface area contributed by atoms with Crippen LogP contribution in [0, 0.1) is 6.92 Å². The van der Waals surface area contributed by atoms with Gasteiger partial charge < -0.3 is 4.72 Å². The Balaban J connectivity index is 2.14. The van der Waals surface area contributed by atoms with Crippen LogP contribution in [-0.2, 0) is 11.0 Å². The van der Waals surface area contributed by atoms with E-state index in [4.69, 9.17) is 0 Å². The van der Waals surface area contributed by atoms with Gasteiger partial charge in [0.15, 0.2) is 0 Å². The zero-order valence-corrected chi connectivity index (χ0v) is 9.83. The molecule has 2 aromatic carbocycles. The van der Waals surface area contributed by atoms with Crippen LogP contribution in [-0.4, -0.2) is 4.21 Å². The van der Waals surface area contributed by atoms with Crippen LogP contribution in [0.15, 0.2) is 59.5 Å². The van der Waals surface area contributed by atoms with Gasteiger partial charge in [-0.3, -0.25) is 0 Å². The molecular weight excluding hydrogens is 218 g/mol. The lowest BCUT2D eigenvalue weighted by Gasteiger charge is -2.06. The summed E-state index contributed by atoms with van der Waals surface area (Å²) in [6.45, 7) is 2.01. The summed E-state index contributed by atoms with van der Waals surface area (Å²) >= 11 is 0. The highest BCUT2D eigenvalue weighted by atomic mass is 32.2. The fourth-order valence-electron chi connectivity index (χ4n) is 1.42. The first kappa shape index (κ1) is 10.9. The topological polar surface area (TPSA) is 29.1 Å². The van der Waals surface area contributed by atoms with E-state index < -0.39 is 11.0 Å². The maximum atomic E-state index is 11.9. The Labute approximate surface area is 97.9 Å². The Kier molecular flexibility index (Phi) is 3.37. The van der Waals surface area contributed by atoms with Gasteiger partial charge in [0, 0.05) is 5.69 Å². The molecule has 82 valence electrons. The van der Waals surface area contributed by atoms with Crippen molar-refractivity contribution in [3.05, 3.63) is 60.2 Å². The van der Waals surface area contributed by atoms with Gasteiger partial charge in [0.1, 0.15) is 11.0 Å². The maximum Gasteiger partial charge on any atom is 0.150 e. The SMILES string of the molecule is Cc1cccc(N[S@@](=O)c2ccccc2)c1. The Morgan fingerprint density at radius 3 is 2.44 bits per heavy atom.